The molecule has 0 atom stereocenters. The second-order valence-corrected chi connectivity index (χ2v) is 5.70. The molecule has 0 unspecified atom stereocenters. The van der Waals surface area contributed by atoms with Gasteiger partial charge in [0.05, 0.1) is 11.1 Å². The van der Waals surface area contributed by atoms with Crippen LogP contribution in [0.4, 0.5) is 0 Å². The zero-order chi connectivity index (χ0) is 14.9. The molecule has 1 aliphatic carbocycles. The molecule has 1 aromatic carbocycles. The minimum Gasteiger partial charge on any atom is -0.478 e. The average Bonchev–Trinajstić information content (AvgIpc) is 2.35. The third kappa shape index (κ3) is 2.42. The van der Waals surface area contributed by atoms with Crippen molar-refractivity contribution in [2.24, 2.45) is 0 Å². The molecule has 0 saturated heterocycles. The first kappa shape index (κ1) is 14.6. The van der Waals surface area contributed by atoms with Crippen LogP contribution >= 0.6 is 0 Å². The van der Waals surface area contributed by atoms with Gasteiger partial charge in [-0.15, -0.1) is 0 Å². The Kier molecular flexibility index (Phi) is 3.84. The third-order valence-corrected chi connectivity index (χ3v) is 4.43. The van der Waals surface area contributed by atoms with Crippen LogP contribution in [0.1, 0.15) is 64.4 Å². The molecule has 108 valence electrons. The first-order valence-electron chi connectivity index (χ1n) is 7.06. The Morgan fingerprint density at radius 1 is 1.20 bits per heavy atom. The van der Waals surface area contributed by atoms with Crippen LogP contribution in [0.15, 0.2) is 12.1 Å². The van der Waals surface area contributed by atoms with Crippen LogP contribution in [-0.4, -0.2) is 22.5 Å². The molecule has 20 heavy (non-hydrogen) atoms. The molecule has 0 radical (unpaired) electrons. The van der Waals surface area contributed by atoms with Crippen molar-refractivity contribution in [2.45, 2.75) is 52.0 Å². The first-order chi connectivity index (χ1) is 9.40. The van der Waals surface area contributed by atoms with Crippen molar-refractivity contribution in [3.05, 3.63) is 34.4 Å². The fraction of sp³-hybridized carbons (Fsp3) is 0.500. The molecule has 0 aromatic heterocycles. The highest BCUT2D eigenvalue weighted by Gasteiger charge is 2.37. The molecule has 2 rings (SSSR count). The molecule has 0 heterocycles. The van der Waals surface area contributed by atoms with E-state index in [1.54, 1.807) is 26.0 Å². The van der Waals surface area contributed by atoms with E-state index < -0.39 is 5.97 Å². The lowest BCUT2D eigenvalue weighted by Gasteiger charge is -2.42. The average molecular weight is 275 g/mol. The van der Waals surface area contributed by atoms with Crippen molar-refractivity contribution in [1.82, 2.24) is 5.32 Å². The minimum atomic E-state index is -1.05. The largest absolute Gasteiger partial charge is 0.478 e. The fourth-order valence-electron chi connectivity index (χ4n) is 2.85. The summed E-state index contributed by atoms with van der Waals surface area (Å²) in [7, 11) is 0. The minimum absolute atomic E-state index is 0.119. The SMILES string of the molecule is CCC1(NC(=O)c2c(C)ccc(C)c2C(=O)O)CCC1. The van der Waals surface area contributed by atoms with Gasteiger partial charge in [0.2, 0.25) is 0 Å². The van der Waals surface area contributed by atoms with Crippen LogP contribution in [0.5, 0.6) is 0 Å². The van der Waals surface area contributed by atoms with E-state index in [1.807, 2.05) is 0 Å². The van der Waals surface area contributed by atoms with Crippen LogP contribution in [0.25, 0.3) is 0 Å². The Bertz CT molecular complexity index is 554. The van der Waals surface area contributed by atoms with Gasteiger partial charge in [0.25, 0.3) is 5.91 Å². The summed E-state index contributed by atoms with van der Waals surface area (Å²) in [6.07, 6.45) is 3.95. The molecule has 1 saturated carbocycles. The highest BCUT2D eigenvalue weighted by molar-refractivity contribution is 6.07. The van der Waals surface area contributed by atoms with E-state index in [0.717, 1.165) is 25.7 Å². The van der Waals surface area contributed by atoms with E-state index in [-0.39, 0.29) is 17.0 Å². The number of nitrogens with one attached hydrogen (secondary N) is 1. The topological polar surface area (TPSA) is 66.4 Å². The standard InChI is InChI=1S/C16H21NO3/c1-4-16(8-5-9-16)17-14(18)12-10(2)6-7-11(3)13(12)15(19)20/h6-7H,4-5,8-9H2,1-3H3,(H,17,18)(H,19,20). The lowest BCUT2D eigenvalue weighted by Crippen LogP contribution is -2.53. The molecule has 2 N–H and O–H groups in total. The van der Waals surface area contributed by atoms with Gasteiger partial charge in [0.15, 0.2) is 0 Å². The summed E-state index contributed by atoms with van der Waals surface area (Å²) >= 11 is 0. The molecule has 1 aliphatic rings. The normalized spacial score (nSPS) is 16.4. The van der Waals surface area contributed by atoms with Gasteiger partial charge in [-0.3, -0.25) is 4.79 Å². The predicted octanol–water partition coefficient (Wildman–Crippen LogP) is 3.06. The van der Waals surface area contributed by atoms with Gasteiger partial charge in [-0.1, -0.05) is 19.1 Å². The first-order valence-corrected chi connectivity index (χ1v) is 7.06. The summed E-state index contributed by atoms with van der Waals surface area (Å²) in [6.45, 7) is 5.56. The van der Waals surface area contributed by atoms with Crippen molar-refractivity contribution in [1.29, 1.82) is 0 Å². The monoisotopic (exact) mass is 275 g/mol. The number of hydrogen-bond donors (Lipinski definition) is 2. The summed E-state index contributed by atoms with van der Waals surface area (Å²) in [6, 6.07) is 3.55. The molecule has 0 bridgehead atoms. The van der Waals surface area contributed by atoms with Crippen molar-refractivity contribution in [2.75, 3.05) is 0 Å². The van der Waals surface area contributed by atoms with E-state index in [4.69, 9.17) is 0 Å². The van der Waals surface area contributed by atoms with Crippen LogP contribution in [0, 0.1) is 13.8 Å². The summed E-state index contributed by atoms with van der Waals surface area (Å²) in [5.41, 5.74) is 1.61. The molecule has 1 aromatic rings. The van der Waals surface area contributed by atoms with Crippen molar-refractivity contribution in [3.63, 3.8) is 0 Å². The number of hydrogen-bond acceptors (Lipinski definition) is 2. The van der Waals surface area contributed by atoms with E-state index >= 15 is 0 Å². The molecular weight excluding hydrogens is 254 g/mol. The molecule has 0 spiro atoms. The van der Waals surface area contributed by atoms with Gasteiger partial charge in [-0.05, 0) is 50.7 Å². The Labute approximate surface area is 119 Å². The Hall–Kier alpha value is -1.84. The zero-order valence-corrected chi connectivity index (χ0v) is 12.2. The highest BCUT2D eigenvalue weighted by atomic mass is 16.4. The maximum atomic E-state index is 12.5. The van der Waals surface area contributed by atoms with Crippen molar-refractivity contribution in [3.8, 4) is 0 Å². The third-order valence-electron chi connectivity index (χ3n) is 4.43. The Balaban J connectivity index is 2.39. The number of aryl methyl sites for hydroxylation is 2. The van der Waals surface area contributed by atoms with Crippen LogP contribution in [0.2, 0.25) is 0 Å². The quantitative estimate of drug-likeness (QED) is 0.887. The molecule has 1 amide bonds. The zero-order valence-electron chi connectivity index (χ0n) is 12.2. The number of benzene rings is 1. The molecule has 0 aliphatic heterocycles. The number of carbonyl (C=O) groups excluding carboxylic acids is 1. The van der Waals surface area contributed by atoms with Gasteiger partial charge >= 0.3 is 5.97 Å². The van der Waals surface area contributed by atoms with E-state index in [2.05, 4.69) is 12.2 Å². The smallest absolute Gasteiger partial charge is 0.336 e. The van der Waals surface area contributed by atoms with Gasteiger partial charge in [-0.25, -0.2) is 4.79 Å². The molecule has 4 nitrogen and oxygen atoms in total. The summed E-state index contributed by atoms with van der Waals surface area (Å²) in [5.74, 6) is -1.30. The lowest BCUT2D eigenvalue weighted by atomic mass is 9.74. The maximum Gasteiger partial charge on any atom is 0.336 e. The summed E-state index contributed by atoms with van der Waals surface area (Å²) in [5, 5.41) is 12.4. The summed E-state index contributed by atoms with van der Waals surface area (Å²) in [4.78, 5) is 24.0. The van der Waals surface area contributed by atoms with Gasteiger partial charge < -0.3 is 10.4 Å². The van der Waals surface area contributed by atoms with Gasteiger partial charge in [0, 0.05) is 5.54 Å². The maximum absolute atomic E-state index is 12.5. The van der Waals surface area contributed by atoms with Crippen LogP contribution < -0.4 is 5.32 Å². The Morgan fingerprint density at radius 3 is 2.15 bits per heavy atom. The molecule has 4 heteroatoms. The van der Waals surface area contributed by atoms with E-state index in [1.165, 1.54) is 0 Å². The van der Waals surface area contributed by atoms with Crippen molar-refractivity contribution < 1.29 is 14.7 Å². The predicted molar refractivity (Wildman–Crippen MR) is 77.2 cm³/mol. The van der Waals surface area contributed by atoms with E-state index in [9.17, 15) is 14.7 Å². The highest BCUT2D eigenvalue weighted by Crippen LogP contribution is 2.35. The molecule has 1 fully saturated rings. The second kappa shape index (κ2) is 5.27. The Morgan fingerprint density at radius 2 is 1.75 bits per heavy atom. The second-order valence-electron chi connectivity index (χ2n) is 5.70. The number of amides is 1. The van der Waals surface area contributed by atoms with Crippen LogP contribution in [0.3, 0.4) is 0 Å². The molecular formula is C16H21NO3. The summed E-state index contributed by atoms with van der Waals surface area (Å²) < 4.78 is 0. The lowest BCUT2D eigenvalue weighted by molar-refractivity contribution is 0.0683. The van der Waals surface area contributed by atoms with Gasteiger partial charge in [0.1, 0.15) is 0 Å². The van der Waals surface area contributed by atoms with Crippen molar-refractivity contribution >= 4 is 11.9 Å². The number of carboxylic acids is 1. The number of rotatable bonds is 4. The number of carbonyl (C=O) groups is 2. The fourth-order valence-corrected chi connectivity index (χ4v) is 2.85. The van der Waals surface area contributed by atoms with E-state index in [0.29, 0.717) is 16.7 Å². The number of aromatic carboxylic acids is 1. The van der Waals surface area contributed by atoms with Crippen LogP contribution in [-0.2, 0) is 0 Å². The number of carboxylic acid groups (broad SMARTS) is 1. The van der Waals surface area contributed by atoms with Gasteiger partial charge in [-0.2, -0.15) is 0 Å².